The van der Waals surface area contributed by atoms with E-state index in [1.165, 1.54) is 43.0 Å². The summed E-state index contributed by atoms with van der Waals surface area (Å²) in [7, 11) is 1.42. The molecule has 0 fully saturated rings. The van der Waals surface area contributed by atoms with Crippen molar-refractivity contribution in [1.82, 2.24) is 4.57 Å². The number of methoxy groups -OCH3 is 1. The number of alkyl halides is 3. The zero-order valence-corrected chi connectivity index (χ0v) is 17.4. The predicted molar refractivity (Wildman–Crippen MR) is 112 cm³/mol. The van der Waals surface area contributed by atoms with E-state index < -0.39 is 23.9 Å². The molecule has 6 nitrogen and oxygen atoms in total. The quantitative estimate of drug-likeness (QED) is 0.576. The summed E-state index contributed by atoms with van der Waals surface area (Å²) in [6.45, 7) is 0.778. The molecule has 3 rings (SSSR count). The van der Waals surface area contributed by atoms with Crippen LogP contribution in [0.5, 0.6) is 11.5 Å². The Hall–Kier alpha value is -3.30. The smallest absolute Gasteiger partial charge is 0.416 e. The fourth-order valence-corrected chi connectivity index (χ4v) is 2.93. The highest BCUT2D eigenvalue weighted by Crippen LogP contribution is 2.32. The first-order valence-electron chi connectivity index (χ1n) is 9.59. The average molecular weight is 449 g/mol. The van der Waals surface area contributed by atoms with Gasteiger partial charge >= 0.3 is 6.18 Å². The van der Waals surface area contributed by atoms with Crippen LogP contribution in [0.25, 0.3) is 16.8 Å². The van der Waals surface area contributed by atoms with Crippen molar-refractivity contribution in [2.75, 3.05) is 20.3 Å². The summed E-state index contributed by atoms with van der Waals surface area (Å²) in [5.74, 6) is 0.634. The highest BCUT2D eigenvalue weighted by molar-refractivity contribution is 5.63. The second kappa shape index (κ2) is 9.05. The van der Waals surface area contributed by atoms with Crippen LogP contribution in [0.15, 0.2) is 65.6 Å². The van der Waals surface area contributed by atoms with Gasteiger partial charge in [0.05, 0.1) is 25.0 Å². The molecule has 0 spiro atoms. The van der Waals surface area contributed by atoms with E-state index in [-0.39, 0.29) is 12.2 Å². The van der Waals surface area contributed by atoms with Crippen molar-refractivity contribution in [2.45, 2.75) is 18.7 Å². The molecule has 1 atom stereocenters. The fraction of sp³-hybridized carbons (Fsp3) is 0.261. The molecule has 9 heteroatoms. The molecule has 3 aromatic rings. The van der Waals surface area contributed by atoms with Crippen molar-refractivity contribution in [2.24, 2.45) is 0 Å². The molecule has 0 saturated heterocycles. The first-order chi connectivity index (χ1) is 15.0. The summed E-state index contributed by atoms with van der Waals surface area (Å²) in [5.41, 5.74) is -1.12. The molecular formula is C23H22F3NO5. The largest absolute Gasteiger partial charge is 0.493 e. The summed E-state index contributed by atoms with van der Waals surface area (Å²) in [5, 5.41) is 19.0. The van der Waals surface area contributed by atoms with Crippen molar-refractivity contribution >= 4 is 0 Å². The Morgan fingerprint density at radius 1 is 0.969 bits per heavy atom. The van der Waals surface area contributed by atoms with Crippen LogP contribution in [0.2, 0.25) is 0 Å². The lowest BCUT2D eigenvalue weighted by Crippen LogP contribution is -2.36. The molecule has 2 aromatic carbocycles. The van der Waals surface area contributed by atoms with E-state index in [4.69, 9.17) is 14.6 Å². The van der Waals surface area contributed by atoms with Gasteiger partial charge in [-0.25, -0.2) is 0 Å². The van der Waals surface area contributed by atoms with E-state index in [9.17, 15) is 23.1 Å². The van der Waals surface area contributed by atoms with Gasteiger partial charge in [0.15, 0.2) is 11.5 Å². The molecule has 32 heavy (non-hydrogen) atoms. The van der Waals surface area contributed by atoms with Crippen LogP contribution in [0.4, 0.5) is 13.2 Å². The predicted octanol–water partition coefficient (Wildman–Crippen LogP) is 3.65. The molecule has 0 saturated carbocycles. The van der Waals surface area contributed by atoms with Crippen LogP contribution in [0, 0.1) is 0 Å². The average Bonchev–Trinajstić information content (AvgIpc) is 2.77. The number of halogens is 3. The van der Waals surface area contributed by atoms with Crippen molar-refractivity contribution in [3.05, 3.63) is 76.7 Å². The van der Waals surface area contributed by atoms with Crippen molar-refractivity contribution in [3.63, 3.8) is 0 Å². The molecule has 1 aromatic heterocycles. The van der Waals surface area contributed by atoms with Crippen LogP contribution in [-0.4, -0.2) is 40.7 Å². The number of aliphatic hydroxyl groups excluding tert-OH is 1. The second-order valence-corrected chi connectivity index (χ2v) is 7.48. The maximum absolute atomic E-state index is 12.7. The number of pyridine rings is 1. The summed E-state index contributed by atoms with van der Waals surface area (Å²) in [4.78, 5) is 12.7. The minimum Gasteiger partial charge on any atom is -0.493 e. The number of aromatic nitrogens is 1. The minimum atomic E-state index is -4.43. The van der Waals surface area contributed by atoms with Crippen LogP contribution in [0.3, 0.4) is 0 Å². The lowest BCUT2D eigenvalue weighted by molar-refractivity contribution is -0.137. The van der Waals surface area contributed by atoms with Crippen LogP contribution >= 0.6 is 0 Å². The molecular weight excluding hydrogens is 427 g/mol. The first-order valence-corrected chi connectivity index (χ1v) is 9.59. The standard InChI is InChI=1S/C23H22F3NO5/c1-22(30,13-28)14-32-19-8-7-18(12-20(19)31-2)27-10-9-16(11-21(27)29)15-3-5-17(6-4-15)23(24,25)26/h3-12,28,30H,13-14H2,1-2H3. The van der Waals surface area contributed by atoms with Crippen LogP contribution in [0.1, 0.15) is 12.5 Å². The number of benzene rings is 2. The fourth-order valence-electron chi connectivity index (χ4n) is 2.93. The molecule has 0 amide bonds. The lowest BCUT2D eigenvalue weighted by atomic mass is 10.0. The van der Waals surface area contributed by atoms with E-state index in [0.717, 1.165) is 12.1 Å². The molecule has 2 N–H and O–H groups in total. The van der Waals surface area contributed by atoms with Gasteiger partial charge in [-0.2, -0.15) is 13.2 Å². The molecule has 0 radical (unpaired) electrons. The maximum atomic E-state index is 12.7. The number of rotatable bonds is 7. The SMILES string of the molecule is COc1cc(-n2ccc(-c3ccc(C(F)(F)F)cc3)cc2=O)ccc1OCC(C)(O)CO. The van der Waals surface area contributed by atoms with Gasteiger partial charge in [-0.1, -0.05) is 12.1 Å². The van der Waals surface area contributed by atoms with E-state index >= 15 is 0 Å². The van der Waals surface area contributed by atoms with Gasteiger partial charge in [-0.05, 0) is 48.4 Å². The Bertz CT molecular complexity index is 1140. The summed E-state index contributed by atoms with van der Waals surface area (Å²) in [6.07, 6.45) is -2.91. The Kier molecular flexibility index (Phi) is 6.61. The molecule has 0 bridgehead atoms. The van der Waals surface area contributed by atoms with E-state index in [2.05, 4.69) is 0 Å². The number of hydrogen-bond donors (Lipinski definition) is 2. The molecule has 170 valence electrons. The van der Waals surface area contributed by atoms with Gasteiger partial charge in [0, 0.05) is 18.3 Å². The van der Waals surface area contributed by atoms with E-state index in [0.29, 0.717) is 28.3 Å². The Morgan fingerprint density at radius 3 is 2.22 bits per heavy atom. The van der Waals surface area contributed by atoms with Gasteiger partial charge in [0.1, 0.15) is 12.2 Å². The highest BCUT2D eigenvalue weighted by atomic mass is 19.4. The highest BCUT2D eigenvalue weighted by Gasteiger charge is 2.30. The summed E-state index contributed by atoms with van der Waals surface area (Å²) in [6, 6.07) is 12.3. The number of ether oxygens (including phenoxy) is 2. The van der Waals surface area contributed by atoms with Crippen molar-refractivity contribution in [3.8, 4) is 28.3 Å². The normalized spacial score (nSPS) is 13.5. The zero-order valence-electron chi connectivity index (χ0n) is 17.4. The molecule has 0 aliphatic carbocycles. The third-order valence-corrected chi connectivity index (χ3v) is 4.77. The third kappa shape index (κ3) is 5.30. The molecule has 1 unspecified atom stereocenters. The number of hydrogen-bond acceptors (Lipinski definition) is 5. The van der Waals surface area contributed by atoms with Gasteiger partial charge in [-0.3, -0.25) is 9.36 Å². The topological polar surface area (TPSA) is 80.9 Å². The molecule has 0 aliphatic heterocycles. The summed E-state index contributed by atoms with van der Waals surface area (Å²) >= 11 is 0. The van der Waals surface area contributed by atoms with Gasteiger partial charge in [0.2, 0.25) is 0 Å². The van der Waals surface area contributed by atoms with E-state index in [1.54, 1.807) is 24.3 Å². The van der Waals surface area contributed by atoms with E-state index in [1.807, 2.05) is 0 Å². The van der Waals surface area contributed by atoms with Gasteiger partial charge in [0.25, 0.3) is 5.56 Å². The number of aliphatic hydroxyl groups is 2. The minimum absolute atomic E-state index is 0.166. The second-order valence-electron chi connectivity index (χ2n) is 7.48. The third-order valence-electron chi connectivity index (χ3n) is 4.77. The van der Waals surface area contributed by atoms with Gasteiger partial charge < -0.3 is 19.7 Å². The Morgan fingerprint density at radius 2 is 1.66 bits per heavy atom. The first kappa shape index (κ1) is 23.4. The summed E-state index contributed by atoms with van der Waals surface area (Å²) < 4.78 is 50.4. The number of nitrogens with zero attached hydrogens (tertiary/aromatic N) is 1. The van der Waals surface area contributed by atoms with Crippen LogP contribution in [-0.2, 0) is 6.18 Å². The lowest BCUT2D eigenvalue weighted by Gasteiger charge is -2.21. The van der Waals surface area contributed by atoms with Crippen molar-refractivity contribution in [1.29, 1.82) is 0 Å². The molecule has 1 heterocycles. The molecule has 0 aliphatic rings. The monoisotopic (exact) mass is 449 g/mol. The maximum Gasteiger partial charge on any atom is 0.416 e. The Balaban J connectivity index is 1.86. The van der Waals surface area contributed by atoms with Crippen LogP contribution < -0.4 is 15.0 Å². The van der Waals surface area contributed by atoms with Gasteiger partial charge in [-0.15, -0.1) is 0 Å². The van der Waals surface area contributed by atoms with Crippen molar-refractivity contribution < 1.29 is 32.9 Å². The zero-order chi connectivity index (χ0) is 23.5. The Labute approximate surface area is 182 Å².